The van der Waals surface area contributed by atoms with Crippen molar-refractivity contribution in [3.8, 4) is 5.75 Å². The average molecular weight is 237 g/mol. The van der Waals surface area contributed by atoms with Crippen LogP contribution in [0.2, 0.25) is 0 Å². The van der Waals surface area contributed by atoms with E-state index in [4.69, 9.17) is 9.47 Å². The summed E-state index contributed by atoms with van der Waals surface area (Å²) in [5.74, 6) is 1.43. The van der Waals surface area contributed by atoms with Crippen LogP contribution in [-0.2, 0) is 4.74 Å². The van der Waals surface area contributed by atoms with Gasteiger partial charge in [-0.2, -0.15) is 0 Å². The molecule has 0 saturated carbocycles. The van der Waals surface area contributed by atoms with E-state index < -0.39 is 0 Å². The Morgan fingerprint density at radius 3 is 2.65 bits per heavy atom. The fraction of sp³-hybridized carbons (Fsp3) is 0.571. The van der Waals surface area contributed by atoms with E-state index in [2.05, 4.69) is 31.3 Å². The first kappa shape index (κ1) is 14.0. The molecule has 1 aromatic carbocycles. The van der Waals surface area contributed by atoms with Gasteiger partial charge in [0.2, 0.25) is 0 Å². The molecule has 1 aromatic rings. The lowest BCUT2D eigenvalue weighted by Crippen LogP contribution is -2.26. The van der Waals surface area contributed by atoms with Crippen LogP contribution in [0.25, 0.3) is 0 Å². The molecule has 1 unspecified atom stereocenters. The molecule has 0 heterocycles. The Balaban J connectivity index is 2.48. The van der Waals surface area contributed by atoms with E-state index in [9.17, 15) is 0 Å². The Kier molecular flexibility index (Phi) is 6.01. The zero-order valence-electron chi connectivity index (χ0n) is 11.2. The third-order valence-corrected chi connectivity index (χ3v) is 2.82. The van der Waals surface area contributed by atoms with Gasteiger partial charge in [0.25, 0.3) is 0 Å². The fourth-order valence-electron chi connectivity index (χ4n) is 1.75. The minimum absolute atomic E-state index is 0.324. The summed E-state index contributed by atoms with van der Waals surface area (Å²) in [5.41, 5.74) is 1.24. The second kappa shape index (κ2) is 7.30. The number of ether oxygens (including phenoxy) is 2. The standard InChI is InChI=1S/C14H23NO2/c1-11(10-16-3)9-15-12(2)13-6-5-7-14(8-13)17-4/h5-8,11-12,15H,9-10H2,1-4H3/t11?,12-/m0/s1. The van der Waals surface area contributed by atoms with Gasteiger partial charge in [0.15, 0.2) is 0 Å². The number of hydrogen-bond acceptors (Lipinski definition) is 3. The lowest BCUT2D eigenvalue weighted by atomic mass is 10.1. The van der Waals surface area contributed by atoms with Crippen molar-refractivity contribution in [1.29, 1.82) is 0 Å². The lowest BCUT2D eigenvalue weighted by molar-refractivity contribution is 0.157. The predicted molar refractivity (Wildman–Crippen MR) is 70.5 cm³/mol. The van der Waals surface area contributed by atoms with Crippen molar-refractivity contribution in [3.63, 3.8) is 0 Å². The first-order valence-electron chi connectivity index (χ1n) is 6.03. The zero-order valence-corrected chi connectivity index (χ0v) is 11.2. The van der Waals surface area contributed by atoms with E-state index in [0.717, 1.165) is 18.9 Å². The lowest BCUT2D eigenvalue weighted by Gasteiger charge is -2.18. The van der Waals surface area contributed by atoms with Crippen LogP contribution in [0.5, 0.6) is 5.75 Å². The number of hydrogen-bond donors (Lipinski definition) is 1. The first-order chi connectivity index (χ1) is 8.17. The molecule has 0 bridgehead atoms. The van der Waals surface area contributed by atoms with Crippen molar-refractivity contribution < 1.29 is 9.47 Å². The van der Waals surface area contributed by atoms with Gasteiger partial charge >= 0.3 is 0 Å². The molecule has 0 saturated heterocycles. The summed E-state index contributed by atoms with van der Waals surface area (Å²) >= 11 is 0. The summed E-state index contributed by atoms with van der Waals surface area (Å²) < 4.78 is 10.3. The highest BCUT2D eigenvalue weighted by Gasteiger charge is 2.08. The third kappa shape index (κ3) is 4.75. The van der Waals surface area contributed by atoms with Crippen LogP contribution in [0.1, 0.15) is 25.5 Å². The van der Waals surface area contributed by atoms with E-state index in [1.165, 1.54) is 5.56 Å². The van der Waals surface area contributed by atoms with E-state index in [1.807, 2.05) is 12.1 Å². The van der Waals surface area contributed by atoms with Gasteiger partial charge in [-0.05, 0) is 30.5 Å². The molecule has 0 spiro atoms. The van der Waals surface area contributed by atoms with Crippen LogP contribution in [0.15, 0.2) is 24.3 Å². The molecule has 96 valence electrons. The van der Waals surface area contributed by atoms with Crippen LogP contribution in [0.4, 0.5) is 0 Å². The maximum Gasteiger partial charge on any atom is 0.119 e. The minimum atomic E-state index is 0.324. The number of benzene rings is 1. The Hall–Kier alpha value is -1.06. The van der Waals surface area contributed by atoms with Crippen LogP contribution in [0.3, 0.4) is 0 Å². The normalized spacial score (nSPS) is 14.4. The van der Waals surface area contributed by atoms with Crippen LogP contribution in [-0.4, -0.2) is 27.4 Å². The SMILES string of the molecule is COCC(C)CN[C@@H](C)c1cccc(OC)c1. The molecule has 0 aliphatic rings. The summed E-state index contributed by atoms with van der Waals surface area (Å²) in [6.07, 6.45) is 0. The van der Waals surface area contributed by atoms with Crippen molar-refractivity contribution in [2.75, 3.05) is 27.4 Å². The van der Waals surface area contributed by atoms with E-state index in [1.54, 1.807) is 14.2 Å². The van der Waals surface area contributed by atoms with Gasteiger partial charge in [-0.25, -0.2) is 0 Å². The fourth-order valence-corrected chi connectivity index (χ4v) is 1.75. The third-order valence-electron chi connectivity index (χ3n) is 2.82. The van der Waals surface area contributed by atoms with Gasteiger partial charge in [-0.15, -0.1) is 0 Å². The zero-order chi connectivity index (χ0) is 12.7. The monoisotopic (exact) mass is 237 g/mol. The highest BCUT2D eigenvalue weighted by atomic mass is 16.5. The molecule has 3 nitrogen and oxygen atoms in total. The molecule has 0 fully saturated rings. The van der Waals surface area contributed by atoms with E-state index >= 15 is 0 Å². The van der Waals surface area contributed by atoms with Crippen molar-refractivity contribution in [2.24, 2.45) is 5.92 Å². The van der Waals surface area contributed by atoms with Gasteiger partial charge in [0.1, 0.15) is 5.75 Å². The molecular formula is C14H23NO2. The Morgan fingerprint density at radius 1 is 1.24 bits per heavy atom. The smallest absolute Gasteiger partial charge is 0.119 e. The minimum Gasteiger partial charge on any atom is -0.497 e. The first-order valence-corrected chi connectivity index (χ1v) is 6.03. The van der Waals surface area contributed by atoms with Crippen molar-refractivity contribution in [1.82, 2.24) is 5.32 Å². The number of nitrogens with one attached hydrogen (secondary N) is 1. The highest BCUT2D eigenvalue weighted by Crippen LogP contribution is 2.18. The van der Waals surface area contributed by atoms with Gasteiger partial charge < -0.3 is 14.8 Å². The summed E-state index contributed by atoms with van der Waals surface area (Å²) in [6.45, 7) is 6.08. The van der Waals surface area contributed by atoms with Crippen molar-refractivity contribution in [2.45, 2.75) is 19.9 Å². The van der Waals surface area contributed by atoms with Crippen LogP contribution >= 0.6 is 0 Å². The highest BCUT2D eigenvalue weighted by molar-refractivity contribution is 5.30. The molecular weight excluding hydrogens is 214 g/mol. The Morgan fingerprint density at radius 2 is 2.00 bits per heavy atom. The number of rotatable bonds is 7. The molecule has 0 aliphatic carbocycles. The topological polar surface area (TPSA) is 30.5 Å². The van der Waals surface area contributed by atoms with Gasteiger partial charge in [0, 0.05) is 26.3 Å². The van der Waals surface area contributed by atoms with Crippen LogP contribution < -0.4 is 10.1 Å². The summed E-state index contributed by atoms with van der Waals surface area (Å²) in [7, 11) is 3.43. The second-order valence-corrected chi connectivity index (χ2v) is 4.47. The molecule has 1 rings (SSSR count). The Bertz CT molecular complexity index is 328. The van der Waals surface area contributed by atoms with Crippen molar-refractivity contribution in [3.05, 3.63) is 29.8 Å². The Labute approximate surface area is 104 Å². The maximum absolute atomic E-state index is 5.22. The van der Waals surface area contributed by atoms with Crippen LogP contribution in [0, 0.1) is 5.92 Å². The van der Waals surface area contributed by atoms with Gasteiger partial charge in [-0.3, -0.25) is 0 Å². The number of methoxy groups -OCH3 is 2. The second-order valence-electron chi connectivity index (χ2n) is 4.47. The van der Waals surface area contributed by atoms with Gasteiger partial charge in [-0.1, -0.05) is 19.1 Å². The molecule has 1 N–H and O–H groups in total. The molecule has 17 heavy (non-hydrogen) atoms. The van der Waals surface area contributed by atoms with E-state index in [-0.39, 0.29) is 0 Å². The predicted octanol–water partition coefficient (Wildman–Crippen LogP) is 2.63. The molecule has 0 radical (unpaired) electrons. The summed E-state index contributed by atoms with van der Waals surface area (Å²) in [4.78, 5) is 0. The molecule has 2 atom stereocenters. The largest absolute Gasteiger partial charge is 0.497 e. The molecule has 3 heteroatoms. The van der Waals surface area contributed by atoms with Gasteiger partial charge in [0.05, 0.1) is 7.11 Å². The quantitative estimate of drug-likeness (QED) is 0.790. The molecule has 0 aliphatic heterocycles. The molecule has 0 amide bonds. The molecule has 0 aromatic heterocycles. The van der Waals surface area contributed by atoms with Crippen molar-refractivity contribution >= 4 is 0 Å². The van der Waals surface area contributed by atoms with E-state index in [0.29, 0.717) is 12.0 Å². The average Bonchev–Trinajstić information content (AvgIpc) is 2.36. The summed E-state index contributed by atoms with van der Waals surface area (Å²) in [6, 6.07) is 8.48. The summed E-state index contributed by atoms with van der Waals surface area (Å²) in [5, 5.41) is 3.50. The maximum atomic E-state index is 5.22.